The van der Waals surface area contributed by atoms with Gasteiger partial charge in [-0.15, -0.1) is 0 Å². The van der Waals surface area contributed by atoms with E-state index in [0.717, 1.165) is 35.8 Å². The Kier molecular flexibility index (Phi) is 8.40. The first kappa shape index (κ1) is 19.7. The minimum atomic E-state index is -0.600. The Morgan fingerprint density at radius 1 is 0.846 bits per heavy atom. The lowest BCUT2D eigenvalue weighted by molar-refractivity contribution is -0.138. The van der Waals surface area contributed by atoms with Gasteiger partial charge in [-0.25, -0.2) is 9.59 Å². The molecule has 2 aromatic carbocycles. The van der Waals surface area contributed by atoms with Crippen LogP contribution < -0.4 is 4.74 Å². The van der Waals surface area contributed by atoms with Gasteiger partial charge in [-0.05, 0) is 29.3 Å². The summed E-state index contributed by atoms with van der Waals surface area (Å²) in [5.74, 6) is -0.676. The van der Waals surface area contributed by atoms with Crippen LogP contribution >= 0.6 is 0 Å². The molecule has 138 valence electrons. The Bertz CT molecular complexity index is 749. The minimum absolute atomic E-state index is 0.384. The van der Waals surface area contributed by atoms with Crippen LogP contribution in [0, 0.1) is 0 Å². The van der Waals surface area contributed by atoms with Crippen LogP contribution in [0.2, 0.25) is 0 Å². The predicted molar refractivity (Wildman–Crippen MR) is 103 cm³/mol. The number of esters is 2. The predicted octanol–water partition coefficient (Wildman–Crippen LogP) is 5.21. The van der Waals surface area contributed by atoms with E-state index in [1.807, 2.05) is 30.3 Å². The van der Waals surface area contributed by atoms with Crippen molar-refractivity contribution in [3.63, 3.8) is 0 Å². The highest BCUT2D eigenvalue weighted by atomic mass is 16.5. The SMILES string of the molecule is CCCCCCCCOC(=O)/C=C/C(=O)Oc1ccc2ccccc2c1. The fraction of sp³-hybridized carbons (Fsp3) is 0.364. The normalized spacial score (nSPS) is 11.0. The Hall–Kier alpha value is -2.62. The van der Waals surface area contributed by atoms with Crippen molar-refractivity contribution < 1.29 is 19.1 Å². The zero-order chi connectivity index (χ0) is 18.6. The molecule has 0 aliphatic carbocycles. The van der Waals surface area contributed by atoms with Gasteiger partial charge in [-0.3, -0.25) is 0 Å². The van der Waals surface area contributed by atoms with Gasteiger partial charge in [0.2, 0.25) is 0 Å². The summed E-state index contributed by atoms with van der Waals surface area (Å²) < 4.78 is 10.3. The maximum Gasteiger partial charge on any atom is 0.336 e. The van der Waals surface area contributed by atoms with Gasteiger partial charge in [-0.1, -0.05) is 69.4 Å². The summed E-state index contributed by atoms with van der Waals surface area (Å²) in [4.78, 5) is 23.4. The number of carbonyl (C=O) groups excluding carboxylic acids is 2. The van der Waals surface area contributed by atoms with Crippen LogP contribution in [-0.2, 0) is 14.3 Å². The number of carbonyl (C=O) groups is 2. The van der Waals surface area contributed by atoms with Gasteiger partial charge < -0.3 is 9.47 Å². The average molecular weight is 354 g/mol. The van der Waals surface area contributed by atoms with Crippen molar-refractivity contribution in [3.8, 4) is 5.75 Å². The second-order valence-electron chi connectivity index (χ2n) is 6.20. The maximum atomic E-state index is 11.8. The smallest absolute Gasteiger partial charge is 0.336 e. The third-order valence-electron chi connectivity index (χ3n) is 4.04. The van der Waals surface area contributed by atoms with Gasteiger partial charge in [0.1, 0.15) is 5.75 Å². The lowest BCUT2D eigenvalue weighted by atomic mass is 10.1. The average Bonchev–Trinajstić information content (AvgIpc) is 2.65. The number of hydrogen-bond donors (Lipinski definition) is 0. The Labute approximate surface area is 154 Å². The van der Waals surface area contributed by atoms with Crippen molar-refractivity contribution in [3.05, 3.63) is 54.6 Å². The third-order valence-corrected chi connectivity index (χ3v) is 4.04. The molecule has 2 rings (SSSR count). The lowest BCUT2D eigenvalue weighted by Crippen LogP contribution is -2.07. The zero-order valence-corrected chi connectivity index (χ0v) is 15.3. The molecule has 2 aromatic rings. The van der Waals surface area contributed by atoms with E-state index >= 15 is 0 Å². The molecular formula is C22H26O4. The van der Waals surface area contributed by atoms with E-state index in [1.165, 1.54) is 25.7 Å². The van der Waals surface area contributed by atoms with Crippen LogP contribution in [0.1, 0.15) is 45.4 Å². The summed E-state index contributed by atoms with van der Waals surface area (Å²) in [7, 11) is 0. The largest absolute Gasteiger partial charge is 0.463 e. The van der Waals surface area contributed by atoms with Crippen molar-refractivity contribution in [1.29, 1.82) is 0 Å². The summed E-state index contributed by atoms with van der Waals surface area (Å²) in [6, 6.07) is 13.2. The summed E-state index contributed by atoms with van der Waals surface area (Å²) in [6.07, 6.45) is 8.98. The molecular weight excluding hydrogens is 328 g/mol. The van der Waals surface area contributed by atoms with Crippen molar-refractivity contribution in [2.45, 2.75) is 45.4 Å². The van der Waals surface area contributed by atoms with Crippen molar-refractivity contribution in [1.82, 2.24) is 0 Å². The molecule has 0 radical (unpaired) electrons. The Morgan fingerprint density at radius 2 is 1.54 bits per heavy atom. The van der Waals surface area contributed by atoms with Crippen LogP contribution in [0.15, 0.2) is 54.6 Å². The molecule has 0 spiro atoms. The second-order valence-corrected chi connectivity index (χ2v) is 6.20. The molecule has 0 N–H and O–H groups in total. The molecule has 0 aliphatic rings. The molecule has 0 fully saturated rings. The van der Waals surface area contributed by atoms with E-state index in [1.54, 1.807) is 12.1 Å². The summed E-state index contributed by atoms with van der Waals surface area (Å²) in [5.41, 5.74) is 0. The number of hydrogen-bond acceptors (Lipinski definition) is 4. The Morgan fingerprint density at radius 3 is 2.35 bits per heavy atom. The van der Waals surface area contributed by atoms with Crippen LogP contribution in [0.4, 0.5) is 0 Å². The molecule has 0 aliphatic heterocycles. The third kappa shape index (κ3) is 7.09. The summed E-state index contributed by atoms with van der Waals surface area (Å²) in [6.45, 7) is 2.56. The van der Waals surface area contributed by atoms with Crippen molar-refractivity contribution >= 4 is 22.7 Å². The number of rotatable bonds is 10. The molecule has 26 heavy (non-hydrogen) atoms. The molecule has 0 heterocycles. The lowest BCUT2D eigenvalue weighted by Gasteiger charge is -2.04. The van der Waals surface area contributed by atoms with Gasteiger partial charge in [0, 0.05) is 12.2 Å². The molecule has 0 amide bonds. The topological polar surface area (TPSA) is 52.6 Å². The van der Waals surface area contributed by atoms with E-state index in [-0.39, 0.29) is 0 Å². The molecule has 4 heteroatoms. The van der Waals surface area contributed by atoms with E-state index in [0.29, 0.717) is 12.4 Å². The number of benzene rings is 2. The first-order chi connectivity index (χ1) is 12.7. The van der Waals surface area contributed by atoms with E-state index in [2.05, 4.69) is 6.92 Å². The number of fused-ring (bicyclic) bond motifs is 1. The molecule has 0 unspecified atom stereocenters. The highest BCUT2D eigenvalue weighted by molar-refractivity contribution is 5.93. The maximum absolute atomic E-state index is 11.8. The van der Waals surface area contributed by atoms with E-state index in [9.17, 15) is 9.59 Å². The van der Waals surface area contributed by atoms with Crippen LogP contribution in [0.5, 0.6) is 5.75 Å². The quantitative estimate of drug-likeness (QED) is 0.254. The monoisotopic (exact) mass is 354 g/mol. The molecule has 0 aromatic heterocycles. The number of ether oxygens (including phenoxy) is 2. The van der Waals surface area contributed by atoms with Crippen molar-refractivity contribution in [2.24, 2.45) is 0 Å². The number of unbranched alkanes of at least 4 members (excludes halogenated alkanes) is 5. The van der Waals surface area contributed by atoms with Gasteiger partial charge in [-0.2, -0.15) is 0 Å². The molecule has 0 atom stereocenters. The van der Waals surface area contributed by atoms with Gasteiger partial charge >= 0.3 is 11.9 Å². The second kappa shape index (κ2) is 11.1. The van der Waals surface area contributed by atoms with Crippen LogP contribution in [0.25, 0.3) is 10.8 Å². The van der Waals surface area contributed by atoms with E-state index < -0.39 is 11.9 Å². The van der Waals surface area contributed by atoms with E-state index in [4.69, 9.17) is 9.47 Å². The van der Waals surface area contributed by atoms with Crippen LogP contribution in [-0.4, -0.2) is 18.5 Å². The fourth-order valence-corrected chi connectivity index (χ4v) is 2.62. The first-order valence-corrected chi connectivity index (χ1v) is 9.24. The standard InChI is InChI=1S/C22H26O4/c1-2-3-4-5-6-9-16-25-21(23)14-15-22(24)26-20-13-12-18-10-7-8-11-19(18)17-20/h7-8,10-15,17H,2-6,9,16H2,1H3/b15-14+. The van der Waals surface area contributed by atoms with Crippen LogP contribution in [0.3, 0.4) is 0 Å². The molecule has 0 saturated carbocycles. The van der Waals surface area contributed by atoms with Gasteiger partial charge in [0.15, 0.2) is 0 Å². The highest BCUT2D eigenvalue weighted by Gasteiger charge is 2.04. The fourth-order valence-electron chi connectivity index (χ4n) is 2.62. The van der Waals surface area contributed by atoms with Crippen molar-refractivity contribution in [2.75, 3.05) is 6.61 Å². The zero-order valence-electron chi connectivity index (χ0n) is 15.3. The minimum Gasteiger partial charge on any atom is -0.463 e. The molecule has 4 nitrogen and oxygen atoms in total. The molecule has 0 bridgehead atoms. The Balaban J connectivity index is 1.69. The summed E-state index contributed by atoms with van der Waals surface area (Å²) >= 11 is 0. The first-order valence-electron chi connectivity index (χ1n) is 9.24. The molecule has 0 saturated heterocycles. The van der Waals surface area contributed by atoms with Gasteiger partial charge in [0.05, 0.1) is 6.61 Å². The summed E-state index contributed by atoms with van der Waals surface area (Å²) in [5, 5.41) is 2.06. The van der Waals surface area contributed by atoms with Gasteiger partial charge in [0.25, 0.3) is 0 Å². The highest BCUT2D eigenvalue weighted by Crippen LogP contribution is 2.20.